The van der Waals surface area contributed by atoms with Crippen molar-refractivity contribution in [3.63, 3.8) is 0 Å². The van der Waals surface area contributed by atoms with Gasteiger partial charge >= 0.3 is 0 Å². The first-order chi connectivity index (χ1) is 12.1. The molecule has 2 aliphatic heterocycles. The monoisotopic (exact) mass is 346 g/mol. The van der Waals surface area contributed by atoms with Gasteiger partial charge in [-0.1, -0.05) is 6.42 Å². The van der Waals surface area contributed by atoms with E-state index in [9.17, 15) is 4.79 Å². The fourth-order valence-corrected chi connectivity index (χ4v) is 5.18. The van der Waals surface area contributed by atoms with E-state index in [0.29, 0.717) is 19.1 Å². The molecule has 0 N–H and O–H groups in total. The second kappa shape index (κ2) is 6.72. The number of hydrogen-bond donors (Lipinski definition) is 0. The van der Waals surface area contributed by atoms with Gasteiger partial charge in [0, 0.05) is 50.9 Å². The molecule has 1 saturated carbocycles. The fraction of sp³-hybridized carbons (Fsp3) is 0.789. The van der Waals surface area contributed by atoms with E-state index in [1.165, 1.54) is 18.4 Å². The van der Waals surface area contributed by atoms with Crippen LogP contribution in [0.5, 0.6) is 0 Å². The zero-order chi connectivity index (χ0) is 17.4. The van der Waals surface area contributed by atoms with Gasteiger partial charge in [0.2, 0.25) is 5.91 Å². The normalized spacial score (nSPS) is 30.5. The van der Waals surface area contributed by atoms with Gasteiger partial charge in [0.15, 0.2) is 0 Å². The van der Waals surface area contributed by atoms with Crippen molar-refractivity contribution in [2.24, 2.45) is 18.4 Å². The Morgan fingerprint density at radius 1 is 1.32 bits per heavy atom. The van der Waals surface area contributed by atoms with E-state index in [4.69, 9.17) is 4.74 Å². The summed E-state index contributed by atoms with van der Waals surface area (Å²) in [6, 6.07) is 0. The van der Waals surface area contributed by atoms with Crippen molar-refractivity contribution in [1.29, 1.82) is 0 Å². The summed E-state index contributed by atoms with van der Waals surface area (Å²) in [5.41, 5.74) is 2.63. The molecule has 0 aromatic carbocycles. The summed E-state index contributed by atoms with van der Waals surface area (Å²) in [7, 11) is 1.98. The molecule has 2 atom stereocenters. The van der Waals surface area contributed by atoms with Crippen molar-refractivity contribution < 1.29 is 9.53 Å². The molecule has 1 spiro atoms. The van der Waals surface area contributed by atoms with E-state index >= 15 is 0 Å². The molecule has 4 rings (SSSR count). The minimum Gasteiger partial charge on any atom is -0.378 e. The topological polar surface area (TPSA) is 50.6 Å². The number of carbonyl (C=O) groups excluding carboxylic acids is 1. The van der Waals surface area contributed by atoms with Crippen LogP contribution in [0, 0.1) is 18.3 Å². The minimum absolute atomic E-state index is 0.200. The molecule has 1 aromatic heterocycles. The van der Waals surface area contributed by atoms with Gasteiger partial charge in [0.25, 0.3) is 0 Å². The summed E-state index contributed by atoms with van der Waals surface area (Å²) >= 11 is 0. The van der Waals surface area contributed by atoms with Crippen molar-refractivity contribution >= 4 is 5.91 Å². The fourth-order valence-electron chi connectivity index (χ4n) is 5.18. The number of carbonyl (C=O) groups is 1. The quantitative estimate of drug-likeness (QED) is 0.834. The highest BCUT2D eigenvalue weighted by atomic mass is 16.5. The molecular formula is C19H30N4O2. The van der Waals surface area contributed by atoms with Crippen LogP contribution in [-0.4, -0.2) is 64.9 Å². The SMILES string of the molecule is Cc1nn(C)cc1CN1CC[C@]2(CCC[C@H]2C(=O)N2CCOCC2)C1. The minimum atomic E-state index is 0.200. The predicted molar refractivity (Wildman–Crippen MR) is 95.0 cm³/mol. The summed E-state index contributed by atoms with van der Waals surface area (Å²) in [4.78, 5) is 17.7. The number of ether oxygens (including phenoxy) is 1. The summed E-state index contributed by atoms with van der Waals surface area (Å²) in [6.45, 7) is 8.12. The van der Waals surface area contributed by atoms with Crippen molar-refractivity contribution in [1.82, 2.24) is 19.6 Å². The maximum atomic E-state index is 13.1. The van der Waals surface area contributed by atoms with E-state index in [2.05, 4.69) is 28.0 Å². The first-order valence-corrected chi connectivity index (χ1v) is 9.65. The van der Waals surface area contributed by atoms with Crippen molar-refractivity contribution in [2.75, 3.05) is 39.4 Å². The molecule has 3 aliphatic rings. The molecule has 1 aliphatic carbocycles. The van der Waals surface area contributed by atoms with Crippen molar-refractivity contribution in [3.05, 3.63) is 17.5 Å². The lowest BCUT2D eigenvalue weighted by atomic mass is 9.76. The number of hydrogen-bond acceptors (Lipinski definition) is 4. The molecular weight excluding hydrogens is 316 g/mol. The van der Waals surface area contributed by atoms with Gasteiger partial charge < -0.3 is 9.64 Å². The van der Waals surface area contributed by atoms with Gasteiger partial charge in [-0.05, 0) is 38.1 Å². The summed E-state index contributed by atoms with van der Waals surface area (Å²) in [6.07, 6.45) is 6.76. The first-order valence-electron chi connectivity index (χ1n) is 9.65. The third-order valence-electron chi connectivity index (χ3n) is 6.50. The maximum absolute atomic E-state index is 13.1. The zero-order valence-electron chi connectivity index (χ0n) is 15.5. The van der Waals surface area contributed by atoms with E-state index in [-0.39, 0.29) is 11.3 Å². The second-order valence-electron chi connectivity index (χ2n) is 8.12. The van der Waals surface area contributed by atoms with Gasteiger partial charge in [0.05, 0.1) is 18.9 Å². The van der Waals surface area contributed by atoms with Crippen LogP contribution in [0.1, 0.15) is 36.9 Å². The third kappa shape index (κ3) is 3.22. The molecule has 0 bridgehead atoms. The van der Waals surface area contributed by atoms with Crippen LogP contribution in [0.3, 0.4) is 0 Å². The highest BCUT2D eigenvalue weighted by Crippen LogP contribution is 2.50. The number of rotatable bonds is 3. The third-order valence-corrected chi connectivity index (χ3v) is 6.50. The number of morpholine rings is 1. The van der Waals surface area contributed by atoms with Crippen LogP contribution in [-0.2, 0) is 23.1 Å². The second-order valence-corrected chi connectivity index (χ2v) is 8.12. The molecule has 2 saturated heterocycles. The van der Waals surface area contributed by atoms with Crippen LogP contribution in [0.4, 0.5) is 0 Å². The average Bonchev–Trinajstić information content (AvgIpc) is 3.29. The largest absolute Gasteiger partial charge is 0.378 e. The highest BCUT2D eigenvalue weighted by Gasteiger charge is 2.51. The number of nitrogens with zero attached hydrogens (tertiary/aromatic N) is 4. The van der Waals surface area contributed by atoms with Crippen LogP contribution >= 0.6 is 0 Å². The molecule has 3 heterocycles. The number of amides is 1. The van der Waals surface area contributed by atoms with Gasteiger partial charge in [-0.25, -0.2) is 0 Å². The summed E-state index contributed by atoms with van der Waals surface area (Å²) in [5.74, 6) is 0.603. The van der Waals surface area contributed by atoms with Crippen molar-refractivity contribution in [2.45, 2.75) is 39.2 Å². The first kappa shape index (κ1) is 17.0. The Morgan fingerprint density at radius 3 is 2.84 bits per heavy atom. The molecule has 1 amide bonds. The smallest absolute Gasteiger partial charge is 0.226 e. The average molecular weight is 346 g/mol. The molecule has 6 nitrogen and oxygen atoms in total. The number of likely N-dealkylation sites (tertiary alicyclic amines) is 1. The standard InChI is InChI=1S/C19H30N4O2/c1-15-16(12-21(2)20-15)13-22-7-6-19(14-22)5-3-4-17(19)18(24)23-8-10-25-11-9-23/h12,17H,3-11,13-14H2,1-2H3/t17-,19+/m0/s1. The lowest BCUT2D eigenvalue weighted by Crippen LogP contribution is -2.47. The predicted octanol–water partition coefficient (Wildman–Crippen LogP) is 1.58. The molecule has 0 radical (unpaired) electrons. The van der Waals surface area contributed by atoms with E-state index in [0.717, 1.165) is 51.3 Å². The van der Waals surface area contributed by atoms with Crippen LogP contribution < -0.4 is 0 Å². The summed E-state index contributed by atoms with van der Waals surface area (Å²) in [5, 5.41) is 4.46. The molecule has 6 heteroatoms. The zero-order valence-corrected chi connectivity index (χ0v) is 15.5. The Kier molecular flexibility index (Phi) is 4.58. The maximum Gasteiger partial charge on any atom is 0.226 e. The number of aryl methyl sites for hydroxylation is 2. The lowest BCUT2D eigenvalue weighted by Gasteiger charge is -2.36. The van der Waals surface area contributed by atoms with Gasteiger partial charge in [-0.15, -0.1) is 0 Å². The lowest BCUT2D eigenvalue weighted by molar-refractivity contribution is -0.143. The van der Waals surface area contributed by atoms with Gasteiger partial charge in [-0.3, -0.25) is 14.4 Å². The Labute approximate surface area is 150 Å². The molecule has 25 heavy (non-hydrogen) atoms. The van der Waals surface area contributed by atoms with Gasteiger partial charge in [-0.2, -0.15) is 5.10 Å². The summed E-state index contributed by atoms with van der Waals surface area (Å²) < 4.78 is 7.32. The Hall–Kier alpha value is -1.40. The van der Waals surface area contributed by atoms with Crippen molar-refractivity contribution in [3.8, 4) is 0 Å². The van der Waals surface area contributed by atoms with Crippen LogP contribution in [0.15, 0.2) is 6.20 Å². The molecule has 1 aromatic rings. The Morgan fingerprint density at radius 2 is 2.12 bits per heavy atom. The van der Waals surface area contributed by atoms with Crippen LogP contribution in [0.2, 0.25) is 0 Å². The Bertz CT molecular complexity index is 637. The molecule has 138 valence electrons. The number of aromatic nitrogens is 2. The van der Waals surface area contributed by atoms with Crippen LogP contribution in [0.25, 0.3) is 0 Å². The molecule has 0 unspecified atom stereocenters. The highest BCUT2D eigenvalue weighted by molar-refractivity contribution is 5.80. The van der Waals surface area contributed by atoms with Gasteiger partial charge in [0.1, 0.15) is 0 Å². The van der Waals surface area contributed by atoms with E-state index in [1.807, 2.05) is 11.7 Å². The van der Waals surface area contributed by atoms with E-state index in [1.54, 1.807) is 0 Å². The Balaban J connectivity index is 1.44. The molecule has 3 fully saturated rings. The van der Waals surface area contributed by atoms with E-state index < -0.39 is 0 Å².